The van der Waals surface area contributed by atoms with Crippen LogP contribution in [0.3, 0.4) is 0 Å². The van der Waals surface area contributed by atoms with Crippen LogP contribution >= 0.6 is 12.2 Å². The summed E-state index contributed by atoms with van der Waals surface area (Å²) in [5, 5.41) is 11.5. The maximum atomic E-state index is 5.41. The lowest BCUT2D eigenvalue weighted by molar-refractivity contribution is 0.324. The van der Waals surface area contributed by atoms with E-state index in [2.05, 4.69) is 15.3 Å². The Bertz CT molecular complexity index is 1030. The maximum Gasteiger partial charge on any atom is 0.216 e. The summed E-state index contributed by atoms with van der Waals surface area (Å²) < 4.78 is 23.3. The minimum Gasteiger partial charge on any atom is -0.497 e. The van der Waals surface area contributed by atoms with Gasteiger partial charge in [-0.25, -0.2) is 5.10 Å². The van der Waals surface area contributed by atoms with Crippen LogP contribution in [0, 0.1) is 4.77 Å². The first-order chi connectivity index (χ1) is 13.6. The molecule has 0 aliphatic heterocycles. The zero-order chi connectivity index (χ0) is 20.1. The summed E-state index contributed by atoms with van der Waals surface area (Å²) >= 11 is 5.33. The minimum atomic E-state index is 0.350. The van der Waals surface area contributed by atoms with Gasteiger partial charge in [-0.1, -0.05) is 12.1 Å². The van der Waals surface area contributed by atoms with E-state index >= 15 is 0 Å². The molecule has 1 heterocycles. The Morgan fingerprint density at radius 1 is 1.00 bits per heavy atom. The quantitative estimate of drug-likeness (QED) is 0.483. The summed E-state index contributed by atoms with van der Waals surface area (Å²) in [5.41, 5.74) is 1.56. The van der Waals surface area contributed by atoms with Crippen LogP contribution in [-0.4, -0.2) is 49.5 Å². The molecule has 1 N–H and O–H groups in total. The van der Waals surface area contributed by atoms with E-state index in [-0.39, 0.29) is 0 Å². The predicted molar refractivity (Wildman–Crippen MR) is 108 cm³/mol. The van der Waals surface area contributed by atoms with Crippen molar-refractivity contribution in [3.8, 4) is 34.4 Å². The molecule has 0 aliphatic carbocycles. The molecule has 8 nitrogen and oxygen atoms in total. The fourth-order valence-corrected chi connectivity index (χ4v) is 2.82. The number of aromatic amines is 1. The first kappa shape index (κ1) is 19.4. The van der Waals surface area contributed by atoms with Gasteiger partial charge in [0.25, 0.3) is 0 Å². The zero-order valence-corrected chi connectivity index (χ0v) is 16.7. The predicted octanol–water partition coefficient (Wildman–Crippen LogP) is 3.52. The van der Waals surface area contributed by atoms with E-state index in [0.29, 0.717) is 33.4 Å². The van der Waals surface area contributed by atoms with Crippen LogP contribution in [0.4, 0.5) is 0 Å². The summed E-state index contributed by atoms with van der Waals surface area (Å²) in [5.74, 6) is 2.76. The van der Waals surface area contributed by atoms with Gasteiger partial charge < -0.3 is 18.9 Å². The van der Waals surface area contributed by atoms with E-state index in [1.165, 1.54) is 4.68 Å². The van der Waals surface area contributed by atoms with E-state index in [4.69, 9.17) is 31.2 Å². The van der Waals surface area contributed by atoms with Crippen molar-refractivity contribution in [2.45, 2.75) is 0 Å². The average Bonchev–Trinajstić information content (AvgIpc) is 3.11. The largest absolute Gasteiger partial charge is 0.497 e. The molecule has 0 bridgehead atoms. The SMILES string of the molecule is COc1cccc(/C=N/n2c(-c3cc(OC)c(OC)c(OC)c3)n[nH]c2=S)c1. The molecule has 9 heteroatoms. The summed E-state index contributed by atoms with van der Waals surface area (Å²) in [6, 6.07) is 11.1. The molecule has 0 saturated heterocycles. The lowest BCUT2D eigenvalue weighted by Crippen LogP contribution is -1.99. The molecule has 0 aliphatic rings. The highest BCUT2D eigenvalue weighted by Gasteiger charge is 2.17. The second kappa shape index (κ2) is 8.57. The van der Waals surface area contributed by atoms with Gasteiger partial charge in [-0.15, -0.1) is 0 Å². The smallest absolute Gasteiger partial charge is 0.216 e. The number of nitrogens with one attached hydrogen (secondary N) is 1. The number of hydrogen-bond acceptors (Lipinski definition) is 7. The number of methoxy groups -OCH3 is 4. The highest BCUT2D eigenvalue weighted by atomic mass is 32.1. The molecule has 1 aromatic heterocycles. The fraction of sp³-hybridized carbons (Fsp3) is 0.211. The second-order valence-electron chi connectivity index (χ2n) is 5.60. The molecule has 0 radical (unpaired) electrons. The van der Waals surface area contributed by atoms with E-state index in [1.54, 1.807) is 46.8 Å². The van der Waals surface area contributed by atoms with Crippen LogP contribution in [-0.2, 0) is 0 Å². The van der Waals surface area contributed by atoms with Crippen molar-refractivity contribution in [3.05, 3.63) is 46.7 Å². The van der Waals surface area contributed by atoms with Gasteiger partial charge in [0, 0.05) is 5.56 Å². The molecule has 0 amide bonds. The van der Waals surface area contributed by atoms with Crippen molar-refractivity contribution in [1.82, 2.24) is 14.9 Å². The Morgan fingerprint density at radius 3 is 2.32 bits per heavy atom. The Labute approximate surface area is 167 Å². The molecule has 0 unspecified atom stereocenters. The topological polar surface area (TPSA) is 82.9 Å². The normalized spacial score (nSPS) is 10.9. The number of aromatic nitrogens is 3. The molecular formula is C19H20N4O4S. The minimum absolute atomic E-state index is 0.350. The third kappa shape index (κ3) is 3.84. The number of hydrogen-bond donors (Lipinski definition) is 1. The number of H-pyrrole nitrogens is 1. The van der Waals surface area contributed by atoms with Crippen molar-refractivity contribution >= 4 is 18.4 Å². The molecular weight excluding hydrogens is 380 g/mol. The van der Waals surface area contributed by atoms with Crippen LogP contribution in [0.1, 0.15) is 5.56 Å². The molecule has 3 rings (SSSR count). The Hall–Kier alpha value is -3.33. The molecule has 0 spiro atoms. The number of ether oxygens (including phenoxy) is 4. The lowest BCUT2D eigenvalue weighted by Gasteiger charge is -2.13. The monoisotopic (exact) mass is 400 g/mol. The number of rotatable bonds is 7. The third-order valence-corrected chi connectivity index (χ3v) is 4.25. The first-order valence-electron chi connectivity index (χ1n) is 8.27. The summed E-state index contributed by atoms with van der Waals surface area (Å²) in [6.45, 7) is 0. The Balaban J connectivity index is 2.06. The highest BCUT2D eigenvalue weighted by Crippen LogP contribution is 2.40. The van der Waals surface area contributed by atoms with Gasteiger partial charge in [0.15, 0.2) is 17.3 Å². The lowest BCUT2D eigenvalue weighted by atomic mass is 10.1. The van der Waals surface area contributed by atoms with Crippen molar-refractivity contribution < 1.29 is 18.9 Å². The Morgan fingerprint density at radius 2 is 1.71 bits per heavy atom. The maximum absolute atomic E-state index is 5.41. The average molecular weight is 400 g/mol. The number of nitrogens with zero attached hydrogens (tertiary/aromatic N) is 3. The van der Waals surface area contributed by atoms with E-state index < -0.39 is 0 Å². The summed E-state index contributed by atoms with van der Waals surface area (Å²) in [7, 11) is 6.28. The van der Waals surface area contributed by atoms with Gasteiger partial charge in [-0.2, -0.15) is 14.9 Å². The van der Waals surface area contributed by atoms with Crippen LogP contribution in [0.15, 0.2) is 41.5 Å². The third-order valence-electron chi connectivity index (χ3n) is 3.99. The van der Waals surface area contributed by atoms with E-state index in [1.807, 2.05) is 24.3 Å². The molecule has 0 saturated carbocycles. The fourth-order valence-electron chi connectivity index (χ4n) is 2.64. The van der Waals surface area contributed by atoms with Crippen LogP contribution in [0.25, 0.3) is 11.4 Å². The van der Waals surface area contributed by atoms with Crippen LogP contribution < -0.4 is 18.9 Å². The zero-order valence-electron chi connectivity index (χ0n) is 15.9. The van der Waals surface area contributed by atoms with Crippen LogP contribution in [0.5, 0.6) is 23.0 Å². The Kier molecular flexibility index (Phi) is 5.95. The van der Waals surface area contributed by atoms with Crippen molar-refractivity contribution in [1.29, 1.82) is 0 Å². The van der Waals surface area contributed by atoms with E-state index in [0.717, 1.165) is 11.3 Å². The van der Waals surface area contributed by atoms with Crippen LogP contribution in [0.2, 0.25) is 0 Å². The molecule has 0 atom stereocenters. The van der Waals surface area contributed by atoms with Gasteiger partial charge in [0.2, 0.25) is 10.5 Å². The summed E-state index contributed by atoms with van der Waals surface area (Å²) in [4.78, 5) is 0. The van der Waals surface area contributed by atoms with Crippen molar-refractivity contribution in [3.63, 3.8) is 0 Å². The van der Waals surface area contributed by atoms with E-state index in [9.17, 15) is 0 Å². The molecule has 3 aromatic rings. The van der Waals surface area contributed by atoms with Crippen molar-refractivity contribution in [2.24, 2.45) is 5.10 Å². The van der Waals surface area contributed by atoms with Gasteiger partial charge in [0.1, 0.15) is 5.75 Å². The molecule has 0 fully saturated rings. The van der Waals surface area contributed by atoms with Gasteiger partial charge in [0.05, 0.1) is 34.7 Å². The van der Waals surface area contributed by atoms with Gasteiger partial charge >= 0.3 is 0 Å². The highest BCUT2D eigenvalue weighted by molar-refractivity contribution is 7.71. The van der Waals surface area contributed by atoms with Gasteiger partial charge in [-0.05, 0) is 42.0 Å². The molecule has 28 heavy (non-hydrogen) atoms. The summed E-state index contributed by atoms with van der Waals surface area (Å²) in [6.07, 6.45) is 1.68. The number of benzene rings is 2. The molecule has 2 aromatic carbocycles. The molecule has 146 valence electrons. The van der Waals surface area contributed by atoms with Gasteiger partial charge in [-0.3, -0.25) is 0 Å². The van der Waals surface area contributed by atoms with Crippen molar-refractivity contribution in [2.75, 3.05) is 28.4 Å². The second-order valence-corrected chi connectivity index (χ2v) is 5.99. The first-order valence-corrected chi connectivity index (χ1v) is 8.68. The standard InChI is InChI=1S/C19H20N4O4S/c1-24-14-7-5-6-12(8-14)11-20-23-18(21-22-19(23)28)13-9-15(25-2)17(27-4)16(10-13)26-3/h5-11H,1-4H3,(H,22,28)/b20-11+.